The van der Waals surface area contributed by atoms with Gasteiger partial charge >= 0.3 is 5.97 Å². The fraction of sp³-hybridized carbons (Fsp3) is 0.300. The Morgan fingerprint density at radius 3 is 2.56 bits per heavy atom. The van der Waals surface area contributed by atoms with Crippen molar-refractivity contribution in [2.45, 2.75) is 23.2 Å². The average molecular weight is 387 g/mol. The van der Waals surface area contributed by atoms with Gasteiger partial charge in [-0.2, -0.15) is 0 Å². The summed E-state index contributed by atoms with van der Waals surface area (Å²) < 4.78 is 10.2. The molecule has 1 N–H and O–H groups in total. The summed E-state index contributed by atoms with van der Waals surface area (Å²) in [6.45, 7) is 1.70. The van der Waals surface area contributed by atoms with Crippen molar-refractivity contribution in [2.75, 3.05) is 25.2 Å². The second-order valence-electron chi connectivity index (χ2n) is 5.95. The number of carbonyl (C=O) groups is 2. The molecule has 0 bridgehead atoms. The number of benzene rings is 2. The van der Waals surface area contributed by atoms with Crippen LogP contribution in [0.2, 0.25) is 0 Å². The zero-order chi connectivity index (χ0) is 19.4. The molecule has 0 radical (unpaired) electrons. The molecule has 0 aliphatic carbocycles. The molecule has 0 saturated carbocycles. The number of rotatable bonds is 5. The molecule has 2 aromatic rings. The fourth-order valence-electron chi connectivity index (χ4n) is 2.93. The van der Waals surface area contributed by atoms with Crippen LogP contribution in [-0.2, 0) is 14.3 Å². The molecule has 142 valence electrons. The van der Waals surface area contributed by atoms with E-state index < -0.39 is 23.2 Å². The van der Waals surface area contributed by atoms with Crippen molar-refractivity contribution in [1.29, 1.82) is 0 Å². The summed E-state index contributed by atoms with van der Waals surface area (Å²) in [4.78, 5) is 27.1. The molecule has 0 fully saturated rings. The standard InChI is InChI=1S/C20H21NO5S/c1-3-26-17(22)12-21-15-6-4-5-7-16(15)27-19(18(23)20(21)24)13-8-10-14(25-2)11-9-13/h4-11,18-19,23H,3,12H2,1-2H3/t18-,19+/m1/s1. The topological polar surface area (TPSA) is 76.1 Å². The van der Waals surface area contributed by atoms with Crippen LogP contribution in [-0.4, -0.2) is 43.3 Å². The summed E-state index contributed by atoms with van der Waals surface area (Å²) in [6.07, 6.45) is -1.30. The molecule has 1 amide bonds. The van der Waals surface area contributed by atoms with Crippen LogP contribution in [0.3, 0.4) is 0 Å². The van der Waals surface area contributed by atoms with E-state index in [4.69, 9.17) is 9.47 Å². The Balaban J connectivity index is 1.98. The number of hydrogen-bond acceptors (Lipinski definition) is 6. The summed E-state index contributed by atoms with van der Waals surface area (Å²) >= 11 is 1.39. The molecular formula is C20H21NO5S. The van der Waals surface area contributed by atoms with E-state index in [1.165, 1.54) is 16.7 Å². The molecule has 1 aliphatic rings. The maximum Gasteiger partial charge on any atom is 0.326 e. The molecule has 2 atom stereocenters. The van der Waals surface area contributed by atoms with E-state index in [2.05, 4.69) is 0 Å². The number of methoxy groups -OCH3 is 1. The second-order valence-corrected chi connectivity index (χ2v) is 7.14. The van der Waals surface area contributed by atoms with Gasteiger partial charge in [-0.3, -0.25) is 14.5 Å². The smallest absolute Gasteiger partial charge is 0.326 e. The van der Waals surface area contributed by atoms with Gasteiger partial charge in [-0.05, 0) is 36.8 Å². The third kappa shape index (κ3) is 4.09. The van der Waals surface area contributed by atoms with Crippen LogP contribution in [0.4, 0.5) is 5.69 Å². The number of hydrogen-bond donors (Lipinski definition) is 1. The summed E-state index contributed by atoms with van der Waals surface area (Å²) in [5.74, 6) is -0.343. The number of anilines is 1. The fourth-order valence-corrected chi connectivity index (χ4v) is 4.20. The largest absolute Gasteiger partial charge is 0.497 e. The maximum atomic E-state index is 13.0. The van der Waals surface area contributed by atoms with Gasteiger partial charge in [0.2, 0.25) is 0 Å². The van der Waals surface area contributed by atoms with Crippen molar-refractivity contribution in [3.63, 3.8) is 0 Å². The number of para-hydroxylation sites is 1. The van der Waals surface area contributed by atoms with Crippen LogP contribution in [0.15, 0.2) is 53.4 Å². The SMILES string of the molecule is CCOC(=O)CN1C(=O)[C@H](O)[C@H](c2ccc(OC)cc2)Sc2ccccc21. The first-order valence-corrected chi connectivity index (χ1v) is 9.47. The number of aliphatic hydroxyl groups is 1. The molecule has 3 rings (SSSR count). The summed E-state index contributed by atoms with van der Waals surface area (Å²) in [5.41, 5.74) is 1.39. The molecule has 0 saturated heterocycles. The maximum absolute atomic E-state index is 13.0. The molecular weight excluding hydrogens is 366 g/mol. The Morgan fingerprint density at radius 1 is 1.19 bits per heavy atom. The number of fused-ring (bicyclic) bond motifs is 1. The molecule has 1 heterocycles. The summed E-state index contributed by atoms with van der Waals surface area (Å²) in [7, 11) is 1.58. The van der Waals surface area contributed by atoms with Gasteiger partial charge in [0.15, 0.2) is 0 Å². The molecule has 1 aliphatic heterocycles. The molecule has 6 nitrogen and oxygen atoms in total. The molecule has 0 aromatic heterocycles. The molecule has 0 spiro atoms. The zero-order valence-electron chi connectivity index (χ0n) is 15.1. The Kier molecular flexibility index (Phi) is 6.03. The highest BCUT2D eigenvalue weighted by molar-refractivity contribution is 7.99. The number of aliphatic hydroxyl groups excluding tert-OH is 1. The molecule has 7 heteroatoms. The Morgan fingerprint density at radius 2 is 1.89 bits per heavy atom. The number of esters is 1. The highest BCUT2D eigenvalue weighted by Gasteiger charge is 2.38. The lowest BCUT2D eigenvalue weighted by Crippen LogP contribution is -2.43. The minimum atomic E-state index is -1.30. The molecule has 27 heavy (non-hydrogen) atoms. The molecule has 2 aromatic carbocycles. The zero-order valence-corrected chi connectivity index (χ0v) is 15.9. The van der Waals surface area contributed by atoms with E-state index in [9.17, 15) is 14.7 Å². The van der Waals surface area contributed by atoms with Crippen LogP contribution in [0, 0.1) is 0 Å². The highest BCUT2D eigenvalue weighted by atomic mass is 32.2. The Hall–Kier alpha value is -2.51. The van der Waals surface area contributed by atoms with E-state index in [1.54, 1.807) is 38.3 Å². The van der Waals surface area contributed by atoms with Crippen molar-refractivity contribution in [3.05, 3.63) is 54.1 Å². The molecule has 0 unspecified atom stereocenters. The van der Waals surface area contributed by atoms with Crippen molar-refractivity contribution in [2.24, 2.45) is 0 Å². The van der Waals surface area contributed by atoms with E-state index in [-0.39, 0.29) is 13.2 Å². The van der Waals surface area contributed by atoms with E-state index in [0.717, 1.165) is 10.5 Å². The lowest BCUT2D eigenvalue weighted by molar-refractivity contribution is -0.143. The summed E-state index contributed by atoms with van der Waals surface area (Å²) in [6, 6.07) is 14.5. The first-order chi connectivity index (χ1) is 13.0. The van der Waals surface area contributed by atoms with Gasteiger partial charge in [0.25, 0.3) is 5.91 Å². The van der Waals surface area contributed by atoms with Crippen LogP contribution >= 0.6 is 11.8 Å². The number of thioether (sulfide) groups is 1. The second kappa shape index (κ2) is 8.45. The lowest BCUT2D eigenvalue weighted by Gasteiger charge is -2.24. The predicted molar refractivity (Wildman–Crippen MR) is 103 cm³/mol. The quantitative estimate of drug-likeness (QED) is 0.795. The van der Waals surface area contributed by atoms with Crippen molar-refractivity contribution < 1.29 is 24.2 Å². The van der Waals surface area contributed by atoms with Gasteiger partial charge in [-0.25, -0.2) is 0 Å². The lowest BCUT2D eigenvalue weighted by atomic mass is 10.1. The van der Waals surface area contributed by atoms with Crippen LogP contribution in [0.25, 0.3) is 0 Å². The van der Waals surface area contributed by atoms with E-state index >= 15 is 0 Å². The highest BCUT2D eigenvalue weighted by Crippen LogP contribution is 2.45. The van der Waals surface area contributed by atoms with Crippen LogP contribution < -0.4 is 9.64 Å². The van der Waals surface area contributed by atoms with Gasteiger partial charge in [0.1, 0.15) is 18.4 Å². The van der Waals surface area contributed by atoms with Crippen LogP contribution in [0.1, 0.15) is 17.7 Å². The normalized spacial score (nSPS) is 19.2. The summed E-state index contributed by atoms with van der Waals surface area (Å²) in [5, 5.41) is 10.3. The van der Waals surface area contributed by atoms with Gasteiger partial charge < -0.3 is 14.6 Å². The van der Waals surface area contributed by atoms with Crippen molar-refractivity contribution in [1.82, 2.24) is 0 Å². The van der Waals surface area contributed by atoms with Crippen LogP contribution in [0.5, 0.6) is 5.75 Å². The number of carbonyl (C=O) groups excluding carboxylic acids is 2. The van der Waals surface area contributed by atoms with Gasteiger partial charge in [-0.15, -0.1) is 11.8 Å². The van der Waals surface area contributed by atoms with Gasteiger partial charge in [-0.1, -0.05) is 24.3 Å². The third-order valence-electron chi connectivity index (χ3n) is 4.25. The third-order valence-corrected chi connectivity index (χ3v) is 5.64. The van der Waals surface area contributed by atoms with Crippen molar-refractivity contribution in [3.8, 4) is 5.75 Å². The monoisotopic (exact) mass is 387 g/mol. The minimum absolute atomic E-state index is 0.230. The Labute approximate surface area is 162 Å². The Bertz CT molecular complexity index is 823. The number of amides is 1. The first kappa shape index (κ1) is 19.3. The van der Waals surface area contributed by atoms with Gasteiger partial charge in [0.05, 0.1) is 24.7 Å². The predicted octanol–water partition coefficient (Wildman–Crippen LogP) is 2.80. The van der Waals surface area contributed by atoms with Crippen molar-refractivity contribution >= 4 is 29.3 Å². The number of nitrogens with zero attached hydrogens (tertiary/aromatic N) is 1. The average Bonchev–Trinajstić information content (AvgIpc) is 2.79. The van der Waals surface area contributed by atoms with E-state index in [1.807, 2.05) is 24.3 Å². The first-order valence-electron chi connectivity index (χ1n) is 8.59. The number of ether oxygens (including phenoxy) is 2. The minimum Gasteiger partial charge on any atom is -0.497 e. The van der Waals surface area contributed by atoms with E-state index in [0.29, 0.717) is 11.4 Å². The van der Waals surface area contributed by atoms with Gasteiger partial charge in [0, 0.05) is 4.90 Å².